The van der Waals surface area contributed by atoms with Gasteiger partial charge in [-0.15, -0.1) is 0 Å². The van der Waals surface area contributed by atoms with Gasteiger partial charge in [0, 0.05) is 17.8 Å². The lowest BCUT2D eigenvalue weighted by molar-refractivity contribution is -0.123. The fourth-order valence-electron chi connectivity index (χ4n) is 2.03. The van der Waals surface area contributed by atoms with Crippen LogP contribution < -0.4 is 15.6 Å². The number of amides is 2. The number of rotatable bonds is 4. The molecule has 2 heterocycles. The van der Waals surface area contributed by atoms with Crippen molar-refractivity contribution < 1.29 is 14.3 Å². The second-order valence-corrected chi connectivity index (χ2v) is 6.40. The predicted octanol–water partition coefficient (Wildman–Crippen LogP) is 2.06. The number of pyridine rings is 1. The maximum atomic E-state index is 11.9. The zero-order valence-corrected chi connectivity index (χ0v) is 15.5. The van der Waals surface area contributed by atoms with Gasteiger partial charge in [0.2, 0.25) is 0 Å². The van der Waals surface area contributed by atoms with Gasteiger partial charge in [0.25, 0.3) is 11.8 Å². The van der Waals surface area contributed by atoms with Crippen LogP contribution in [0.4, 0.5) is 0 Å². The van der Waals surface area contributed by atoms with Crippen LogP contribution in [-0.4, -0.2) is 33.6 Å². The Morgan fingerprint density at radius 2 is 2.12 bits per heavy atom. The number of aromatic nitrogens is 3. The highest BCUT2D eigenvalue weighted by Gasteiger charge is 2.14. The summed E-state index contributed by atoms with van der Waals surface area (Å²) in [6.45, 7) is -0.299. The molecule has 3 N–H and O–H groups in total. The van der Waals surface area contributed by atoms with E-state index in [9.17, 15) is 9.59 Å². The van der Waals surface area contributed by atoms with Gasteiger partial charge in [0.15, 0.2) is 12.4 Å². The first-order valence-electron chi connectivity index (χ1n) is 7.00. The van der Waals surface area contributed by atoms with Gasteiger partial charge >= 0.3 is 0 Å². The number of hydrogen-bond acceptors (Lipinski definition) is 5. The summed E-state index contributed by atoms with van der Waals surface area (Å²) in [5.74, 6) is -0.586. The molecule has 0 radical (unpaired) electrons. The fraction of sp³-hybridized carbons (Fsp3) is 0.0667. The molecule has 0 spiro atoms. The van der Waals surface area contributed by atoms with Crippen molar-refractivity contribution in [3.05, 3.63) is 50.9 Å². The molecule has 128 valence electrons. The monoisotopic (exact) mass is 471 g/mol. The van der Waals surface area contributed by atoms with E-state index in [1.54, 1.807) is 18.3 Å². The molecule has 3 rings (SSSR count). The number of carbonyl (C=O) groups excluding carboxylic acids is 2. The third-order valence-electron chi connectivity index (χ3n) is 3.16. The minimum Gasteiger partial charge on any atom is -0.480 e. The number of H-pyrrole nitrogens is 1. The number of hydrazine groups is 1. The molecule has 0 aliphatic rings. The summed E-state index contributed by atoms with van der Waals surface area (Å²) in [6.07, 6.45) is 3.05. The Kier molecular flexibility index (Phi) is 5.34. The highest BCUT2D eigenvalue weighted by Crippen LogP contribution is 2.34. The van der Waals surface area contributed by atoms with E-state index < -0.39 is 11.8 Å². The van der Waals surface area contributed by atoms with Crippen molar-refractivity contribution in [2.45, 2.75) is 0 Å². The average molecular weight is 472 g/mol. The Balaban J connectivity index is 1.64. The number of aromatic amines is 1. The van der Waals surface area contributed by atoms with Crippen LogP contribution in [0, 0.1) is 3.57 Å². The highest BCUT2D eigenvalue weighted by atomic mass is 127. The van der Waals surface area contributed by atoms with E-state index in [0.29, 0.717) is 16.3 Å². The van der Waals surface area contributed by atoms with Crippen LogP contribution in [0.2, 0.25) is 5.02 Å². The zero-order valence-electron chi connectivity index (χ0n) is 12.5. The van der Waals surface area contributed by atoms with E-state index in [1.807, 2.05) is 6.07 Å². The van der Waals surface area contributed by atoms with Crippen LogP contribution in [0.5, 0.6) is 5.75 Å². The summed E-state index contributed by atoms with van der Waals surface area (Å²) in [6, 6.07) is 6.80. The molecular weight excluding hydrogens is 461 g/mol. The second kappa shape index (κ2) is 7.66. The van der Waals surface area contributed by atoms with Crippen molar-refractivity contribution in [2.24, 2.45) is 0 Å². The molecular formula is C15H11ClIN5O3. The number of nitrogens with one attached hydrogen (secondary N) is 3. The molecule has 25 heavy (non-hydrogen) atoms. The minimum absolute atomic E-state index is 0.226. The number of carbonyl (C=O) groups is 2. The van der Waals surface area contributed by atoms with Gasteiger partial charge in [-0.05, 0) is 46.9 Å². The molecule has 0 saturated carbocycles. The topological polar surface area (TPSA) is 109 Å². The quantitative estimate of drug-likeness (QED) is 0.399. The summed E-state index contributed by atoms with van der Waals surface area (Å²) >= 11 is 8.25. The van der Waals surface area contributed by atoms with Gasteiger partial charge in [-0.2, -0.15) is 5.10 Å². The zero-order chi connectivity index (χ0) is 17.8. The summed E-state index contributed by atoms with van der Waals surface area (Å²) in [5.41, 5.74) is 5.30. The maximum Gasteiger partial charge on any atom is 0.287 e. The van der Waals surface area contributed by atoms with E-state index in [-0.39, 0.29) is 12.3 Å². The van der Waals surface area contributed by atoms with Gasteiger partial charge < -0.3 is 4.74 Å². The van der Waals surface area contributed by atoms with Crippen molar-refractivity contribution in [2.75, 3.05) is 6.61 Å². The Morgan fingerprint density at radius 1 is 1.28 bits per heavy atom. The molecule has 0 atom stereocenters. The largest absolute Gasteiger partial charge is 0.480 e. The molecule has 0 bridgehead atoms. The lowest BCUT2D eigenvalue weighted by Gasteiger charge is -2.12. The van der Waals surface area contributed by atoms with Crippen molar-refractivity contribution in [1.82, 2.24) is 26.0 Å². The number of ether oxygens (including phenoxy) is 1. The summed E-state index contributed by atoms with van der Waals surface area (Å²) in [7, 11) is 0. The number of fused-ring (bicyclic) bond motifs is 1. The Morgan fingerprint density at radius 3 is 2.88 bits per heavy atom. The molecule has 1 aromatic carbocycles. The van der Waals surface area contributed by atoms with E-state index in [0.717, 1.165) is 8.96 Å². The van der Waals surface area contributed by atoms with Crippen LogP contribution in [-0.2, 0) is 4.79 Å². The Hall–Kier alpha value is -2.40. The van der Waals surface area contributed by atoms with E-state index in [2.05, 4.69) is 48.6 Å². The average Bonchev–Trinajstić information content (AvgIpc) is 3.14. The smallest absolute Gasteiger partial charge is 0.287 e. The second-order valence-electron chi connectivity index (χ2n) is 4.83. The number of hydrogen-bond donors (Lipinski definition) is 3. The normalized spacial score (nSPS) is 10.5. The van der Waals surface area contributed by atoms with Crippen LogP contribution in [0.1, 0.15) is 10.5 Å². The van der Waals surface area contributed by atoms with Crippen molar-refractivity contribution in [1.29, 1.82) is 0 Å². The summed E-state index contributed by atoms with van der Waals surface area (Å²) in [5, 5.41) is 7.42. The number of halogens is 2. The number of benzene rings is 1. The van der Waals surface area contributed by atoms with Gasteiger partial charge in [-0.25, -0.2) is 0 Å². The van der Waals surface area contributed by atoms with Crippen molar-refractivity contribution in [3.8, 4) is 5.75 Å². The third-order valence-corrected chi connectivity index (χ3v) is 4.27. The Labute approximate surface area is 160 Å². The van der Waals surface area contributed by atoms with E-state index in [1.165, 1.54) is 12.3 Å². The lowest BCUT2D eigenvalue weighted by Crippen LogP contribution is -2.44. The first-order valence-corrected chi connectivity index (χ1v) is 8.46. The summed E-state index contributed by atoms with van der Waals surface area (Å²) < 4.78 is 6.30. The molecule has 2 aromatic heterocycles. The van der Waals surface area contributed by atoms with Crippen LogP contribution in [0.15, 0.2) is 36.7 Å². The first kappa shape index (κ1) is 17.4. The van der Waals surface area contributed by atoms with Crippen molar-refractivity contribution in [3.63, 3.8) is 0 Å². The predicted molar refractivity (Wildman–Crippen MR) is 99.2 cm³/mol. The SMILES string of the molecule is O=C(COc1c(I)cc(Cl)c2cccnc12)NNC(=O)c1ccn[nH]1. The lowest BCUT2D eigenvalue weighted by atomic mass is 10.2. The summed E-state index contributed by atoms with van der Waals surface area (Å²) in [4.78, 5) is 27.8. The molecule has 3 aromatic rings. The molecule has 8 nitrogen and oxygen atoms in total. The fourth-order valence-corrected chi connectivity index (χ4v) is 3.20. The van der Waals surface area contributed by atoms with E-state index >= 15 is 0 Å². The molecule has 10 heteroatoms. The van der Waals surface area contributed by atoms with Crippen molar-refractivity contribution >= 4 is 56.9 Å². The standard InChI is InChI=1S/C15H11ClIN5O3/c16-9-6-10(17)14(13-8(9)2-1-4-18-13)25-7-12(23)21-22-15(24)11-3-5-19-20-11/h1-6H,7H2,(H,19,20)(H,21,23)(H,22,24). The van der Waals surface area contributed by atoms with Gasteiger partial charge in [0.05, 0.1) is 8.59 Å². The third kappa shape index (κ3) is 3.99. The van der Waals surface area contributed by atoms with Crippen LogP contribution in [0.3, 0.4) is 0 Å². The van der Waals surface area contributed by atoms with Gasteiger partial charge in [-0.3, -0.25) is 30.5 Å². The molecule has 0 saturated heterocycles. The Bertz CT molecular complexity index is 932. The molecule has 0 fully saturated rings. The van der Waals surface area contributed by atoms with Gasteiger partial charge in [0.1, 0.15) is 11.2 Å². The van der Waals surface area contributed by atoms with Crippen LogP contribution in [0.25, 0.3) is 10.9 Å². The molecule has 0 unspecified atom stereocenters. The molecule has 0 aliphatic carbocycles. The highest BCUT2D eigenvalue weighted by molar-refractivity contribution is 14.1. The van der Waals surface area contributed by atoms with Gasteiger partial charge in [-0.1, -0.05) is 11.6 Å². The first-order chi connectivity index (χ1) is 12.1. The number of nitrogens with zero attached hydrogens (tertiary/aromatic N) is 2. The van der Waals surface area contributed by atoms with E-state index in [4.69, 9.17) is 16.3 Å². The molecule has 0 aliphatic heterocycles. The van der Waals surface area contributed by atoms with Crippen LogP contribution >= 0.6 is 34.2 Å². The minimum atomic E-state index is -0.525. The maximum absolute atomic E-state index is 11.9. The molecule has 2 amide bonds.